The summed E-state index contributed by atoms with van der Waals surface area (Å²) in [6.45, 7) is 0.372. The maximum Gasteiger partial charge on any atom is 0.269 e. The molecule has 7 heteroatoms. The molecule has 1 amide bonds. The van der Waals surface area contributed by atoms with Gasteiger partial charge in [0.2, 0.25) is 5.91 Å². The Labute approximate surface area is 137 Å². The van der Waals surface area contributed by atoms with E-state index < -0.39 is 4.92 Å². The number of hydrogen-bond donors (Lipinski definition) is 1. The number of fused-ring (bicyclic) bond motifs is 1. The summed E-state index contributed by atoms with van der Waals surface area (Å²) < 4.78 is 1.74. The topological polar surface area (TPSA) is 89.5 Å². The first kappa shape index (κ1) is 15.4. The van der Waals surface area contributed by atoms with Gasteiger partial charge in [-0.1, -0.05) is 6.07 Å². The van der Waals surface area contributed by atoms with E-state index in [2.05, 4.69) is 10.4 Å². The number of rotatable bonds is 5. The maximum absolute atomic E-state index is 11.9. The number of non-ortho nitro benzene ring substituents is 1. The lowest BCUT2D eigenvalue weighted by Gasteiger charge is -2.01. The van der Waals surface area contributed by atoms with Gasteiger partial charge in [-0.05, 0) is 35.9 Å². The molecular weight excluding hydrogens is 308 g/mol. The van der Waals surface area contributed by atoms with Crippen LogP contribution in [0.4, 0.5) is 5.69 Å². The fraction of sp³-hybridized carbons (Fsp3) is 0.0588. The molecule has 0 saturated heterocycles. The van der Waals surface area contributed by atoms with E-state index in [0.717, 1.165) is 11.1 Å². The fourth-order valence-electron chi connectivity index (χ4n) is 2.24. The van der Waals surface area contributed by atoms with E-state index >= 15 is 0 Å². The normalized spacial score (nSPS) is 11.0. The van der Waals surface area contributed by atoms with Crippen molar-refractivity contribution < 1.29 is 9.72 Å². The van der Waals surface area contributed by atoms with Crippen LogP contribution in [0.25, 0.3) is 11.6 Å². The first-order valence-electron chi connectivity index (χ1n) is 7.25. The zero-order chi connectivity index (χ0) is 16.9. The molecule has 0 radical (unpaired) electrons. The molecule has 1 N–H and O–H groups in total. The number of nitro groups is 1. The van der Waals surface area contributed by atoms with Crippen LogP contribution in [-0.2, 0) is 11.3 Å². The fourth-order valence-corrected chi connectivity index (χ4v) is 2.24. The van der Waals surface area contributed by atoms with E-state index in [1.165, 1.54) is 18.2 Å². The first-order valence-corrected chi connectivity index (χ1v) is 7.25. The molecule has 7 nitrogen and oxygen atoms in total. The van der Waals surface area contributed by atoms with Crippen LogP contribution in [-0.4, -0.2) is 20.4 Å². The second kappa shape index (κ2) is 6.74. The van der Waals surface area contributed by atoms with Crippen LogP contribution in [0.2, 0.25) is 0 Å². The Morgan fingerprint density at radius 2 is 2.04 bits per heavy atom. The molecule has 0 saturated carbocycles. The summed E-state index contributed by atoms with van der Waals surface area (Å²) in [5.41, 5.74) is 2.60. The van der Waals surface area contributed by atoms with Crippen molar-refractivity contribution >= 4 is 23.2 Å². The molecule has 1 aromatic carbocycles. The van der Waals surface area contributed by atoms with Crippen LogP contribution in [0, 0.1) is 10.1 Å². The van der Waals surface area contributed by atoms with E-state index in [4.69, 9.17) is 0 Å². The second-order valence-electron chi connectivity index (χ2n) is 5.10. The number of carbonyl (C=O) groups excluding carboxylic acids is 1. The number of nitrogens with zero attached hydrogens (tertiary/aromatic N) is 3. The van der Waals surface area contributed by atoms with Gasteiger partial charge in [-0.15, -0.1) is 0 Å². The number of carbonyl (C=O) groups is 1. The Morgan fingerprint density at radius 3 is 2.79 bits per heavy atom. The molecule has 0 aliphatic heterocycles. The van der Waals surface area contributed by atoms with Gasteiger partial charge in [-0.25, -0.2) is 4.52 Å². The largest absolute Gasteiger partial charge is 0.348 e. The molecule has 2 aromatic heterocycles. The SMILES string of the molecule is O=C(/C=C/c1ccc([N+](=O)[O-])cc1)NCc1cnn2ccccc12. The first-order chi connectivity index (χ1) is 11.6. The van der Waals surface area contributed by atoms with Crippen molar-refractivity contribution in [2.45, 2.75) is 6.54 Å². The van der Waals surface area contributed by atoms with E-state index in [1.807, 2.05) is 24.4 Å². The zero-order valence-corrected chi connectivity index (χ0v) is 12.6. The quantitative estimate of drug-likeness (QED) is 0.444. The predicted octanol–water partition coefficient (Wildman–Crippen LogP) is 2.57. The van der Waals surface area contributed by atoms with E-state index in [9.17, 15) is 14.9 Å². The molecule has 3 rings (SSSR count). The molecule has 0 bridgehead atoms. The van der Waals surface area contributed by atoms with Crippen LogP contribution in [0.1, 0.15) is 11.1 Å². The minimum absolute atomic E-state index is 0.0182. The number of aromatic nitrogens is 2. The molecule has 0 aliphatic carbocycles. The molecular formula is C17H14N4O3. The summed E-state index contributed by atoms with van der Waals surface area (Å²) in [4.78, 5) is 22.0. The van der Waals surface area contributed by atoms with Crippen molar-refractivity contribution in [2.24, 2.45) is 0 Å². The van der Waals surface area contributed by atoms with Crippen molar-refractivity contribution in [3.8, 4) is 0 Å². The van der Waals surface area contributed by atoms with Gasteiger partial charge < -0.3 is 5.32 Å². The van der Waals surface area contributed by atoms with Crippen molar-refractivity contribution in [3.63, 3.8) is 0 Å². The van der Waals surface area contributed by atoms with Gasteiger partial charge in [0.05, 0.1) is 16.6 Å². The van der Waals surface area contributed by atoms with Crippen LogP contribution in [0.15, 0.2) is 60.9 Å². The van der Waals surface area contributed by atoms with Gasteiger partial charge in [0.1, 0.15) is 0 Å². The molecule has 0 fully saturated rings. The molecule has 0 atom stereocenters. The Kier molecular flexibility index (Phi) is 4.33. The van der Waals surface area contributed by atoms with Gasteiger partial charge in [0, 0.05) is 36.5 Å². The van der Waals surface area contributed by atoms with E-state index in [0.29, 0.717) is 12.1 Å². The maximum atomic E-state index is 11.9. The Morgan fingerprint density at radius 1 is 1.25 bits per heavy atom. The number of pyridine rings is 1. The van der Waals surface area contributed by atoms with Gasteiger partial charge in [-0.3, -0.25) is 14.9 Å². The second-order valence-corrected chi connectivity index (χ2v) is 5.10. The predicted molar refractivity (Wildman–Crippen MR) is 89.2 cm³/mol. The van der Waals surface area contributed by atoms with Crippen LogP contribution in [0.5, 0.6) is 0 Å². The Hall–Kier alpha value is -3.48. The molecule has 2 heterocycles. The van der Waals surface area contributed by atoms with Crippen molar-refractivity contribution in [1.29, 1.82) is 0 Å². The highest BCUT2D eigenvalue weighted by atomic mass is 16.6. The molecule has 0 spiro atoms. The van der Waals surface area contributed by atoms with Gasteiger partial charge in [0.25, 0.3) is 5.69 Å². The van der Waals surface area contributed by atoms with Crippen LogP contribution < -0.4 is 5.32 Å². The number of nitro benzene ring substituents is 1. The van der Waals surface area contributed by atoms with E-state index in [-0.39, 0.29) is 11.6 Å². The summed E-state index contributed by atoms with van der Waals surface area (Å²) in [6.07, 6.45) is 6.56. The third-order valence-corrected chi connectivity index (χ3v) is 3.49. The minimum Gasteiger partial charge on any atom is -0.348 e. The molecule has 24 heavy (non-hydrogen) atoms. The van der Waals surface area contributed by atoms with Crippen molar-refractivity contribution in [2.75, 3.05) is 0 Å². The smallest absolute Gasteiger partial charge is 0.269 e. The molecule has 0 unspecified atom stereocenters. The lowest BCUT2D eigenvalue weighted by Crippen LogP contribution is -2.20. The highest BCUT2D eigenvalue weighted by Gasteiger charge is 2.05. The van der Waals surface area contributed by atoms with Crippen LogP contribution >= 0.6 is 0 Å². The molecule has 120 valence electrons. The Bertz CT molecular complexity index is 913. The standard InChI is InChI=1S/C17H14N4O3/c22-17(9-6-13-4-7-15(8-5-13)21(23)24)18-11-14-12-19-20-10-2-1-3-16(14)20/h1-10,12H,11H2,(H,18,22)/b9-6+. The van der Waals surface area contributed by atoms with E-state index in [1.54, 1.807) is 28.9 Å². The third-order valence-electron chi connectivity index (χ3n) is 3.49. The Balaban J connectivity index is 1.60. The van der Waals surface area contributed by atoms with Crippen molar-refractivity contribution in [3.05, 3.63) is 82.2 Å². The number of hydrogen-bond acceptors (Lipinski definition) is 4. The summed E-state index contributed by atoms with van der Waals surface area (Å²) in [7, 11) is 0. The summed E-state index contributed by atoms with van der Waals surface area (Å²) in [6, 6.07) is 11.7. The molecule has 3 aromatic rings. The monoisotopic (exact) mass is 322 g/mol. The van der Waals surface area contributed by atoms with Gasteiger partial charge >= 0.3 is 0 Å². The highest BCUT2D eigenvalue weighted by molar-refractivity contribution is 5.91. The van der Waals surface area contributed by atoms with Crippen LogP contribution in [0.3, 0.4) is 0 Å². The highest BCUT2D eigenvalue weighted by Crippen LogP contribution is 2.13. The average molecular weight is 322 g/mol. The van der Waals surface area contributed by atoms with Crippen molar-refractivity contribution in [1.82, 2.24) is 14.9 Å². The zero-order valence-electron chi connectivity index (χ0n) is 12.6. The minimum atomic E-state index is -0.462. The molecule has 0 aliphatic rings. The number of benzene rings is 1. The summed E-state index contributed by atoms with van der Waals surface area (Å²) in [5, 5.41) is 17.6. The van der Waals surface area contributed by atoms with Gasteiger partial charge in [0.15, 0.2) is 0 Å². The lowest BCUT2D eigenvalue weighted by molar-refractivity contribution is -0.384. The number of amides is 1. The summed E-state index contributed by atoms with van der Waals surface area (Å²) in [5.74, 6) is -0.247. The number of nitrogens with one attached hydrogen (secondary N) is 1. The third kappa shape index (κ3) is 3.46. The van der Waals surface area contributed by atoms with Gasteiger partial charge in [-0.2, -0.15) is 5.10 Å². The summed E-state index contributed by atoms with van der Waals surface area (Å²) >= 11 is 0. The lowest BCUT2D eigenvalue weighted by atomic mass is 10.2. The average Bonchev–Trinajstić information content (AvgIpc) is 3.01.